The maximum Gasteiger partial charge on any atom is 0.405 e. The number of alkyl halides is 3. The monoisotopic (exact) mass is 336 g/mol. The molecular weight excluding hydrogens is 305 g/mol. The third-order valence-electron chi connectivity index (χ3n) is 5.51. The average Bonchev–Trinajstić information content (AvgIpc) is 2.52. The second-order valence-corrected chi connectivity index (χ2v) is 7.23. The molecule has 0 radical (unpaired) electrons. The van der Waals surface area contributed by atoms with Crippen LogP contribution in [0.15, 0.2) is 0 Å². The Morgan fingerprint density at radius 3 is 2.35 bits per heavy atom. The quantitative estimate of drug-likeness (QED) is 0.690. The minimum atomic E-state index is -4.12. The number of ether oxygens (including phenoxy) is 1. The summed E-state index contributed by atoms with van der Waals surface area (Å²) in [4.78, 5) is 3.42. The number of unbranched alkanes of at least 4 members (excludes halogenated alkanes) is 1. The van der Waals surface area contributed by atoms with Gasteiger partial charge in [-0.25, -0.2) is 0 Å². The summed E-state index contributed by atoms with van der Waals surface area (Å²) in [5.41, 5.74) is 0. The van der Waals surface area contributed by atoms with Gasteiger partial charge >= 0.3 is 6.18 Å². The molecule has 0 spiro atoms. The van der Waals surface area contributed by atoms with Crippen LogP contribution in [0.2, 0.25) is 0 Å². The van der Waals surface area contributed by atoms with Crippen molar-refractivity contribution in [3.8, 4) is 0 Å². The van der Waals surface area contributed by atoms with Crippen LogP contribution in [0.25, 0.3) is 0 Å². The van der Waals surface area contributed by atoms with Gasteiger partial charge in [0, 0.05) is 26.7 Å². The molecule has 1 saturated carbocycles. The number of halogens is 3. The summed E-state index contributed by atoms with van der Waals surface area (Å²) in [6.07, 6.45) is 4.06. The van der Waals surface area contributed by atoms with Crippen LogP contribution >= 0.6 is 0 Å². The maximum absolute atomic E-state index is 13.2. The van der Waals surface area contributed by atoms with Crippen LogP contribution in [0.5, 0.6) is 0 Å². The van der Waals surface area contributed by atoms with Crippen molar-refractivity contribution in [3.63, 3.8) is 0 Å². The lowest BCUT2D eigenvalue weighted by Gasteiger charge is -2.40. The average molecular weight is 336 g/mol. The third kappa shape index (κ3) is 5.91. The van der Waals surface area contributed by atoms with Crippen LogP contribution in [0, 0.1) is 5.92 Å². The molecule has 0 aromatic rings. The molecule has 1 saturated heterocycles. The van der Waals surface area contributed by atoms with Gasteiger partial charge in [-0.2, -0.15) is 13.2 Å². The lowest BCUT2D eigenvalue weighted by Crippen LogP contribution is -2.58. The Morgan fingerprint density at radius 1 is 1.04 bits per heavy atom. The molecule has 23 heavy (non-hydrogen) atoms. The molecule has 0 aromatic carbocycles. The zero-order valence-corrected chi connectivity index (χ0v) is 14.4. The standard InChI is InChI=1S/C17H31F3N2O/c1-21-11-12-22(16(13-21)17(18,19)20)10-4-3-5-14-6-8-15(23-2)9-7-14/h14-16H,3-13H2,1-2H3/t14-,15-,16?. The Hall–Kier alpha value is -0.330. The molecule has 1 unspecified atom stereocenters. The van der Waals surface area contributed by atoms with Gasteiger partial charge in [-0.1, -0.05) is 12.8 Å². The molecule has 0 aromatic heterocycles. The van der Waals surface area contributed by atoms with E-state index in [1.807, 2.05) is 0 Å². The van der Waals surface area contributed by atoms with Crippen molar-refractivity contribution in [2.24, 2.45) is 5.92 Å². The molecule has 1 heterocycles. The molecule has 0 bridgehead atoms. The van der Waals surface area contributed by atoms with E-state index in [2.05, 4.69) is 0 Å². The molecule has 2 rings (SSSR count). The number of hydrogen-bond donors (Lipinski definition) is 0. The molecule has 0 N–H and O–H groups in total. The highest BCUT2D eigenvalue weighted by Crippen LogP contribution is 2.30. The Labute approximate surface area is 138 Å². The van der Waals surface area contributed by atoms with Crippen LogP contribution in [-0.4, -0.2) is 68.5 Å². The van der Waals surface area contributed by atoms with Crippen LogP contribution in [0.3, 0.4) is 0 Å². The van der Waals surface area contributed by atoms with E-state index in [1.165, 1.54) is 12.8 Å². The van der Waals surface area contributed by atoms with E-state index in [1.54, 1.807) is 24.0 Å². The minimum absolute atomic E-state index is 0.102. The van der Waals surface area contributed by atoms with Crippen molar-refractivity contribution in [3.05, 3.63) is 0 Å². The first-order valence-electron chi connectivity index (χ1n) is 8.92. The van der Waals surface area contributed by atoms with E-state index in [4.69, 9.17) is 4.74 Å². The number of likely N-dealkylation sites (N-methyl/N-ethyl adjacent to an activating group) is 1. The first-order valence-corrected chi connectivity index (χ1v) is 8.92. The van der Waals surface area contributed by atoms with E-state index in [9.17, 15) is 13.2 Å². The Bertz CT molecular complexity index is 343. The van der Waals surface area contributed by atoms with Crippen molar-refractivity contribution in [1.29, 1.82) is 0 Å². The number of methoxy groups -OCH3 is 1. The SMILES string of the molecule is CO[C@H]1CC[C@H](CCCCN2CCN(C)CC2C(F)(F)F)CC1. The molecule has 136 valence electrons. The van der Waals surface area contributed by atoms with Crippen LogP contribution in [0.4, 0.5) is 13.2 Å². The fourth-order valence-corrected chi connectivity index (χ4v) is 3.94. The summed E-state index contributed by atoms with van der Waals surface area (Å²) in [6, 6.07) is -1.29. The first-order chi connectivity index (χ1) is 10.9. The van der Waals surface area contributed by atoms with Gasteiger partial charge in [-0.05, 0) is 51.6 Å². The highest BCUT2D eigenvalue weighted by molar-refractivity contribution is 4.86. The topological polar surface area (TPSA) is 15.7 Å². The fraction of sp³-hybridized carbons (Fsp3) is 1.00. The zero-order chi connectivity index (χ0) is 16.9. The molecular formula is C17H31F3N2O. The van der Waals surface area contributed by atoms with Gasteiger partial charge in [0.2, 0.25) is 0 Å². The summed E-state index contributed by atoms with van der Waals surface area (Å²) in [6.45, 7) is 1.93. The van der Waals surface area contributed by atoms with Crippen LogP contribution < -0.4 is 0 Å². The summed E-state index contributed by atoms with van der Waals surface area (Å²) < 4.78 is 44.8. The Balaban J connectivity index is 1.67. The van der Waals surface area contributed by atoms with Gasteiger partial charge in [-0.3, -0.25) is 4.90 Å². The number of piperazine rings is 1. The van der Waals surface area contributed by atoms with Gasteiger partial charge in [0.1, 0.15) is 6.04 Å². The molecule has 1 aliphatic carbocycles. The normalized spacial score (nSPS) is 31.4. The largest absolute Gasteiger partial charge is 0.405 e. The van der Waals surface area contributed by atoms with Gasteiger partial charge in [-0.15, -0.1) is 0 Å². The van der Waals surface area contributed by atoms with E-state index < -0.39 is 12.2 Å². The van der Waals surface area contributed by atoms with E-state index >= 15 is 0 Å². The predicted molar refractivity (Wildman–Crippen MR) is 85.5 cm³/mol. The van der Waals surface area contributed by atoms with Crippen molar-refractivity contribution in [2.45, 2.75) is 63.3 Å². The predicted octanol–water partition coefficient (Wildman–Crippen LogP) is 3.54. The van der Waals surface area contributed by atoms with Crippen molar-refractivity contribution < 1.29 is 17.9 Å². The second-order valence-electron chi connectivity index (χ2n) is 7.23. The number of hydrogen-bond acceptors (Lipinski definition) is 3. The van der Waals surface area contributed by atoms with Gasteiger partial charge in [0.05, 0.1) is 6.10 Å². The summed E-state index contributed by atoms with van der Waals surface area (Å²) >= 11 is 0. The lowest BCUT2D eigenvalue weighted by molar-refractivity contribution is -0.196. The summed E-state index contributed by atoms with van der Waals surface area (Å²) in [5.74, 6) is 0.743. The second kappa shape index (κ2) is 8.67. The Kier molecular flexibility index (Phi) is 7.17. The highest BCUT2D eigenvalue weighted by Gasteiger charge is 2.45. The molecule has 6 heteroatoms. The fourth-order valence-electron chi connectivity index (χ4n) is 3.94. The number of nitrogens with zero attached hydrogens (tertiary/aromatic N) is 2. The minimum Gasteiger partial charge on any atom is -0.381 e. The smallest absolute Gasteiger partial charge is 0.381 e. The van der Waals surface area contributed by atoms with E-state index in [0.29, 0.717) is 19.2 Å². The Morgan fingerprint density at radius 2 is 1.74 bits per heavy atom. The van der Waals surface area contributed by atoms with Crippen LogP contribution in [-0.2, 0) is 4.74 Å². The summed E-state index contributed by atoms with van der Waals surface area (Å²) in [7, 11) is 3.55. The zero-order valence-electron chi connectivity index (χ0n) is 14.4. The number of rotatable bonds is 6. The molecule has 3 nitrogen and oxygen atoms in total. The maximum atomic E-state index is 13.2. The van der Waals surface area contributed by atoms with Gasteiger partial charge < -0.3 is 9.64 Å². The van der Waals surface area contributed by atoms with Gasteiger partial charge in [0.15, 0.2) is 0 Å². The van der Waals surface area contributed by atoms with Crippen molar-refractivity contribution in [1.82, 2.24) is 9.80 Å². The summed E-state index contributed by atoms with van der Waals surface area (Å²) in [5, 5.41) is 0. The highest BCUT2D eigenvalue weighted by atomic mass is 19.4. The van der Waals surface area contributed by atoms with Crippen LogP contribution in [0.1, 0.15) is 44.9 Å². The lowest BCUT2D eigenvalue weighted by atomic mass is 9.84. The molecule has 2 aliphatic rings. The molecule has 1 aliphatic heterocycles. The van der Waals surface area contributed by atoms with Crippen molar-refractivity contribution >= 4 is 0 Å². The molecule has 2 fully saturated rings. The van der Waals surface area contributed by atoms with Gasteiger partial charge in [0.25, 0.3) is 0 Å². The molecule has 1 atom stereocenters. The van der Waals surface area contributed by atoms with E-state index in [0.717, 1.165) is 44.6 Å². The molecule has 0 amide bonds. The van der Waals surface area contributed by atoms with Crippen molar-refractivity contribution in [2.75, 3.05) is 40.3 Å². The first kappa shape index (κ1) is 19.0. The van der Waals surface area contributed by atoms with E-state index in [-0.39, 0.29) is 6.54 Å². The third-order valence-corrected chi connectivity index (χ3v) is 5.51.